The maximum absolute atomic E-state index is 12.4. The lowest BCUT2D eigenvalue weighted by molar-refractivity contribution is -0.153. The molecule has 0 aromatic heterocycles. The summed E-state index contributed by atoms with van der Waals surface area (Å²) in [4.78, 5) is 23.6. The average molecular weight is 359 g/mol. The van der Waals surface area contributed by atoms with Gasteiger partial charge in [-0.15, -0.1) is 5.11 Å². The highest BCUT2D eigenvalue weighted by molar-refractivity contribution is 5.86. The standard InChI is InChI=1S/C20H29N3O3/c1-2-3-4-5-15(18(25)26)23-21-11-17(24)22-20-10-14-6-13-7-16(20)19(8-13,9-14)12-20/h5,13-14,16H,2-4,6-12H2,1H3,(H,22,24)(H,25,26)/b15-5+,23-21?. The molecule has 142 valence electrons. The van der Waals surface area contributed by atoms with Crippen LogP contribution < -0.4 is 5.32 Å². The van der Waals surface area contributed by atoms with Gasteiger partial charge in [0.25, 0.3) is 0 Å². The Labute approximate surface area is 154 Å². The SMILES string of the molecule is CCCC/C=C(/N=NCC(=O)NC12CC3CC4CC1C(C4)(C3)C2)C(=O)O. The van der Waals surface area contributed by atoms with E-state index in [9.17, 15) is 9.59 Å². The molecule has 0 aliphatic heterocycles. The molecule has 0 heterocycles. The van der Waals surface area contributed by atoms with Gasteiger partial charge in [-0.25, -0.2) is 4.79 Å². The third-order valence-corrected chi connectivity index (χ3v) is 7.25. The second-order valence-electron chi connectivity index (χ2n) is 9.05. The summed E-state index contributed by atoms with van der Waals surface area (Å²) in [6.45, 7) is 1.96. The van der Waals surface area contributed by atoms with Crippen molar-refractivity contribution in [1.82, 2.24) is 5.32 Å². The van der Waals surface area contributed by atoms with Gasteiger partial charge in [0.05, 0.1) is 0 Å². The van der Waals surface area contributed by atoms with Gasteiger partial charge in [0.1, 0.15) is 6.54 Å². The van der Waals surface area contributed by atoms with Gasteiger partial charge < -0.3 is 10.4 Å². The van der Waals surface area contributed by atoms with Gasteiger partial charge in [-0.1, -0.05) is 13.3 Å². The molecule has 5 unspecified atom stereocenters. The molecule has 1 spiro atoms. The molecule has 4 aliphatic rings. The Kier molecular flexibility index (Phi) is 4.40. The Morgan fingerprint density at radius 3 is 2.81 bits per heavy atom. The first-order valence-corrected chi connectivity index (χ1v) is 10.1. The number of fused-ring (bicyclic) bond motifs is 2. The van der Waals surface area contributed by atoms with Crippen LogP contribution in [0.2, 0.25) is 0 Å². The predicted octanol–water partition coefficient (Wildman–Crippen LogP) is 3.68. The van der Waals surface area contributed by atoms with Crippen LogP contribution in [0.4, 0.5) is 0 Å². The van der Waals surface area contributed by atoms with E-state index in [0.29, 0.717) is 17.8 Å². The highest BCUT2D eigenvalue weighted by atomic mass is 16.4. The topological polar surface area (TPSA) is 91.1 Å². The fraction of sp³-hybridized carbons (Fsp3) is 0.800. The first kappa shape index (κ1) is 17.7. The van der Waals surface area contributed by atoms with Gasteiger partial charge in [-0.3, -0.25) is 4.79 Å². The maximum Gasteiger partial charge on any atom is 0.356 e. The summed E-state index contributed by atoms with van der Waals surface area (Å²) in [5.74, 6) is 1.11. The van der Waals surface area contributed by atoms with E-state index < -0.39 is 5.97 Å². The third-order valence-electron chi connectivity index (χ3n) is 7.25. The van der Waals surface area contributed by atoms with Crippen LogP contribution in [0.1, 0.15) is 64.7 Å². The number of rotatable bonds is 8. The van der Waals surface area contributed by atoms with E-state index in [-0.39, 0.29) is 23.7 Å². The van der Waals surface area contributed by atoms with Crippen molar-refractivity contribution < 1.29 is 14.7 Å². The Hall–Kier alpha value is -1.72. The van der Waals surface area contributed by atoms with Gasteiger partial charge in [0, 0.05) is 5.54 Å². The normalized spacial score (nSPS) is 39.9. The van der Waals surface area contributed by atoms with Crippen molar-refractivity contribution >= 4 is 11.9 Å². The molecule has 4 bridgehead atoms. The van der Waals surface area contributed by atoms with E-state index in [1.165, 1.54) is 25.7 Å². The number of nitrogens with one attached hydrogen (secondary N) is 1. The van der Waals surface area contributed by atoms with Gasteiger partial charge in [-0.2, -0.15) is 5.11 Å². The van der Waals surface area contributed by atoms with Crippen molar-refractivity contribution in [2.45, 2.75) is 70.3 Å². The molecule has 4 saturated carbocycles. The molecule has 0 radical (unpaired) electrons. The number of carboxylic acids is 1. The molecule has 6 nitrogen and oxygen atoms in total. The van der Waals surface area contributed by atoms with Crippen molar-refractivity contribution in [3.63, 3.8) is 0 Å². The number of hydrogen-bond acceptors (Lipinski definition) is 4. The Morgan fingerprint density at radius 2 is 2.04 bits per heavy atom. The number of carbonyl (C=O) groups is 2. The zero-order chi connectivity index (χ0) is 18.4. The van der Waals surface area contributed by atoms with Gasteiger partial charge in [0.15, 0.2) is 5.70 Å². The van der Waals surface area contributed by atoms with Gasteiger partial charge in [-0.05, 0) is 80.6 Å². The molecule has 0 aromatic carbocycles. The van der Waals surface area contributed by atoms with Crippen molar-refractivity contribution in [1.29, 1.82) is 0 Å². The van der Waals surface area contributed by atoms with Crippen LogP contribution in [-0.4, -0.2) is 29.1 Å². The zero-order valence-electron chi connectivity index (χ0n) is 15.5. The second-order valence-corrected chi connectivity index (χ2v) is 9.05. The van der Waals surface area contributed by atoms with Crippen molar-refractivity contribution in [3.05, 3.63) is 11.8 Å². The molecule has 1 amide bonds. The molecule has 5 atom stereocenters. The molecule has 4 fully saturated rings. The van der Waals surface area contributed by atoms with Crippen LogP contribution in [0.15, 0.2) is 22.0 Å². The highest BCUT2D eigenvalue weighted by Crippen LogP contribution is 2.75. The van der Waals surface area contributed by atoms with Crippen molar-refractivity contribution in [2.75, 3.05) is 6.54 Å². The van der Waals surface area contributed by atoms with E-state index in [1.54, 1.807) is 6.08 Å². The van der Waals surface area contributed by atoms with Crippen LogP contribution in [0.25, 0.3) is 0 Å². The maximum atomic E-state index is 12.4. The van der Waals surface area contributed by atoms with E-state index in [0.717, 1.165) is 37.5 Å². The zero-order valence-corrected chi connectivity index (χ0v) is 15.5. The monoisotopic (exact) mass is 359 g/mol. The average Bonchev–Trinajstić information content (AvgIpc) is 2.73. The number of unbranched alkanes of at least 4 members (excludes halogenated alkanes) is 2. The Morgan fingerprint density at radius 1 is 1.23 bits per heavy atom. The summed E-state index contributed by atoms with van der Waals surface area (Å²) in [5, 5.41) is 20.1. The lowest BCUT2D eigenvalue weighted by atomic mass is 9.41. The minimum Gasteiger partial charge on any atom is -0.476 e. The molecular weight excluding hydrogens is 330 g/mol. The fourth-order valence-electron chi connectivity index (χ4n) is 6.79. The summed E-state index contributed by atoms with van der Waals surface area (Å²) in [6.07, 6.45) is 11.8. The van der Waals surface area contributed by atoms with Crippen LogP contribution in [0, 0.1) is 23.2 Å². The lowest BCUT2D eigenvalue weighted by Crippen LogP contribution is -2.71. The highest BCUT2D eigenvalue weighted by Gasteiger charge is 2.72. The Balaban J connectivity index is 1.33. The molecule has 0 aromatic rings. The number of azo groups is 1. The number of amides is 1. The molecular formula is C20H29N3O3. The van der Waals surface area contributed by atoms with Crippen molar-refractivity contribution in [3.8, 4) is 0 Å². The smallest absolute Gasteiger partial charge is 0.356 e. The Bertz CT molecular complexity index is 669. The van der Waals surface area contributed by atoms with Crippen molar-refractivity contribution in [2.24, 2.45) is 33.4 Å². The predicted molar refractivity (Wildman–Crippen MR) is 96.4 cm³/mol. The quantitative estimate of drug-likeness (QED) is 0.393. The summed E-state index contributed by atoms with van der Waals surface area (Å²) in [6, 6.07) is 0. The summed E-state index contributed by atoms with van der Waals surface area (Å²) in [5.41, 5.74) is 0.452. The third kappa shape index (κ3) is 2.87. The van der Waals surface area contributed by atoms with E-state index >= 15 is 0 Å². The number of carbonyl (C=O) groups excluding carboxylic acids is 1. The lowest BCUT2D eigenvalue weighted by Gasteiger charge is -2.67. The summed E-state index contributed by atoms with van der Waals surface area (Å²) < 4.78 is 0. The minimum atomic E-state index is -1.09. The number of aliphatic carboxylic acids is 1. The van der Waals surface area contributed by atoms with Crippen LogP contribution in [0.5, 0.6) is 0 Å². The van der Waals surface area contributed by atoms with Gasteiger partial charge in [0.2, 0.25) is 5.91 Å². The first-order valence-electron chi connectivity index (χ1n) is 10.1. The molecule has 6 heteroatoms. The van der Waals surface area contributed by atoms with Crippen LogP contribution in [-0.2, 0) is 9.59 Å². The van der Waals surface area contributed by atoms with E-state index in [1.807, 2.05) is 6.92 Å². The molecule has 4 aliphatic carbocycles. The summed E-state index contributed by atoms with van der Waals surface area (Å²) in [7, 11) is 0. The van der Waals surface area contributed by atoms with Crippen LogP contribution >= 0.6 is 0 Å². The molecule has 26 heavy (non-hydrogen) atoms. The number of allylic oxidation sites excluding steroid dienone is 1. The molecule has 0 saturated heterocycles. The van der Waals surface area contributed by atoms with E-state index in [2.05, 4.69) is 15.5 Å². The number of carboxylic acid groups (broad SMARTS) is 1. The largest absolute Gasteiger partial charge is 0.476 e. The number of nitrogens with zero attached hydrogens (tertiary/aromatic N) is 2. The van der Waals surface area contributed by atoms with Gasteiger partial charge >= 0.3 is 5.97 Å². The minimum absolute atomic E-state index is 0.00658. The summed E-state index contributed by atoms with van der Waals surface area (Å²) >= 11 is 0. The van der Waals surface area contributed by atoms with E-state index in [4.69, 9.17) is 5.11 Å². The molecule has 4 rings (SSSR count). The second kappa shape index (κ2) is 6.46. The van der Waals surface area contributed by atoms with Crippen LogP contribution in [0.3, 0.4) is 0 Å². The molecule has 2 N–H and O–H groups in total. The first-order chi connectivity index (χ1) is 12.5. The fourth-order valence-corrected chi connectivity index (χ4v) is 6.79. The number of hydrogen-bond donors (Lipinski definition) is 2.